The predicted molar refractivity (Wildman–Crippen MR) is 117 cm³/mol. The molecule has 0 atom stereocenters. The zero-order chi connectivity index (χ0) is 20.8. The number of rotatable bonds is 8. The number of hydrogen-bond donors (Lipinski definition) is 1. The summed E-state index contributed by atoms with van der Waals surface area (Å²) in [7, 11) is 1.67. The highest BCUT2D eigenvalue weighted by molar-refractivity contribution is 7.13. The molecule has 4 rings (SSSR count). The summed E-state index contributed by atoms with van der Waals surface area (Å²) in [6.07, 6.45) is 3.68. The molecule has 8 heteroatoms. The number of anilines is 1. The van der Waals surface area contributed by atoms with Gasteiger partial charge in [0.15, 0.2) is 0 Å². The Hall–Kier alpha value is -2.87. The SMILES string of the molecule is COc1ccc(N2CCC(NC(=O)CCCc3nc(-c4cccs4)no3)CC2)cc1. The molecule has 1 aliphatic heterocycles. The van der Waals surface area contributed by atoms with Gasteiger partial charge in [-0.1, -0.05) is 11.2 Å². The molecule has 1 fully saturated rings. The first-order chi connectivity index (χ1) is 14.7. The number of amides is 1. The normalized spacial score (nSPS) is 14.6. The lowest BCUT2D eigenvalue weighted by Gasteiger charge is -2.34. The summed E-state index contributed by atoms with van der Waals surface area (Å²) < 4.78 is 10.5. The van der Waals surface area contributed by atoms with Crippen molar-refractivity contribution in [2.45, 2.75) is 38.1 Å². The Bertz CT molecular complexity index is 932. The van der Waals surface area contributed by atoms with E-state index < -0.39 is 0 Å². The van der Waals surface area contributed by atoms with Gasteiger partial charge in [0.2, 0.25) is 17.6 Å². The minimum atomic E-state index is 0.0934. The maximum atomic E-state index is 12.3. The van der Waals surface area contributed by atoms with E-state index in [9.17, 15) is 4.79 Å². The van der Waals surface area contributed by atoms with Crippen molar-refractivity contribution in [1.29, 1.82) is 0 Å². The predicted octanol–water partition coefficient (Wildman–Crippen LogP) is 3.91. The maximum absolute atomic E-state index is 12.3. The molecule has 7 nitrogen and oxygen atoms in total. The van der Waals surface area contributed by atoms with Gasteiger partial charge in [0.1, 0.15) is 5.75 Å². The van der Waals surface area contributed by atoms with E-state index in [1.807, 2.05) is 29.6 Å². The summed E-state index contributed by atoms with van der Waals surface area (Å²) in [5.41, 5.74) is 1.20. The number of nitrogens with one attached hydrogen (secondary N) is 1. The molecular weight excluding hydrogens is 400 g/mol. The highest BCUT2D eigenvalue weighted by Gasteiger charge is 2.21. The first kappa shape index (κ1) is 20.4. The van der Waals surface area contributed by atoms with Crippen LogP contribution in [0.2, 0.25) is 0 Å². The zero-order valence-electron chi connectivity index (χ0n) is 17.0. The van der Waals surface area contributed by atoms with Crippen LogP contribution in [0.4, 0.5) is 5.69 Å². The van der Waals surface area contributed by atoms with Crippen LogP contribution in [-0.4, -0.2) is 42.3 Å². The van der Waals surface area contributed by atoms with E-state index >= 15 is 0 Å². The van der Waals surface area contributed by atoms with Crippen molar-refractivity contribution >= 4 is 22.9 Å². The first-order valence-corrected chi connectivity index (χ1v) is 11.1. The van der Waals surface area contributed by atoms with Crippen LogP contribution < -0.4 is 15.0 Å². The molecule has 0 saturated carbocycles. The van der Waals surface area contributed by atoms with E-state index in [-0.39, 0.29) is 11.9 Å². The van der Waals surface area contributed by atoms with Gasteiger partial charge in [0.05, 0.1) is 12.0 Å². The molecule has 2 aromatic heterocycles. The Labute approximate surface area is 180 Å². The van der Waals surface area contributed by atoms with Crippen LogP contribution in [-0.2, 0) is 11.2 Å². The van der Waals surface area contributed by atoms with Crippen LogP contribution in [0, 0.1) is 0 Å². The summed E-state index contributed by atoms with van der Waals surface area (Å²) in [5.74, 6) is 2.16. The molecule has 0 spiro atoms. The highest BCUT2D eigenvalue weighted by Crippen LogP contribution is 2.23. The minimum Gasteiger partial charge on any atom is -0.497 e. The summed E-state index contributed by atoms with van der Waals surface area (Å²) in [6.45, 7) is 1.87. The van der Waals surface area contributed by atoms with E-state index in [2.05, 4.69) is 32.5 Å². The van der Waals surface area contributed by atoms with Crippen molar-refractivity contribution < 1.29 is 14.1 Å². The third-order valence-corrected chi connectivity index (χ3v) is 6.17. The van der Waals surface area contributed by atoms with E-state index in [0.29, 0.717) is 31.0 Å². The van der Waals surface area contributed by atoms with Crippen LogP contribution in [0.3, 0.4) is 0 Å². The van der Waals surface area contributed by atoms with Crippen LogP contribution >= 0.6 is 11.3 Å². The number of hydrogen-bond acceptors (Lipinski definition) is 7. The van der Waals surface area contributed by atoms with Gasteiger partial charge in [-0.3, -0.25) is 4.79 Å². The fraction of sp³-hybridized carbons (Fsp3) is 0.409. The van der Waals surface area contributed by atoms with Gasteiger partial charge >= 0.3 is 0 Å². The number of methoxy groups -OCH3 is 1. The summed E-state index contributed by atoms with van der Waals surface area (Å²) in [4.78, 5) is 20.1. The Morgan fingerprint density at radius 1 is 1.27 bits per heavy atom. The van der Waals surface area contributed by atoms with E-state index in [4.69, 9.17) is 9.26 Å². The lowest BCUT2D eigenvalue weighted by atomic mass is 10.0. The standard InChI is InChI=1S/C22H26N4O3S/c1-28-18-9-7-17(8-10-18)26-13-11-16(12-14-26)23-20(27)5-2-6-21-24-22(25-29-21)19-4-3-15-30-19/h3-4,7-10,15-16H,2,5-6,11-14H2,1H3,(H,23,27). The Kier molecular flexibility index (Phi) is 6.63. The fourth-order valence-electron chi connectivity index (χ4n) is 3.64. The summed E-state index contributed by atoms with van der Waals surface area (Å²) >= 11 is 1.58. The number of ether oxygens (including phenoxy) is 1. The van der Waals surface area contributed by atoms with E-state index in [0.717, 1.165) is 36.6 Å². The molecule has 1 N–H and O–H groups in total. The van der Waals surface area contributed by atoms with Gasteiger partial charge in [0.25, 0.3) is 0 Å². The zero-order valence-corrected chi connectivity index (χ0v) is 17.9. The van der Waals surface area contributed by atoms with Crippen LogP contribution in [0.1, 0.15) is 31.6 Å². The molecule has 0 unspecified atom stereocenters. The molecule has 1 aliphatic rings. The van der Waals surface area contributed by atoms with Gasteiger partial charge in [0, 0.05) is 37.7 Å². The Morgan fingerprint density at radius 2 is 2.07 bits per heavy atom. The molecule has 3 aromatic rings. The number of thiophene rings is 1. The molecule has 3 heterocycles. The quantitative estimate of drug-likeness (QED) is 0.588. The number of aromatic nitrogens is 2. The topological polar surface area (TPSA) is 80.5 Å². The van der Waals surface area contributed by atoms with Crippen molar-refractivity contribution in [3.05, 3.63) is 47.7 Å². The largest absolute Gasteiger partial charge is 0.497 e. The van der Waals surface area contributed by atoms with Gasteiger partial charge in [-0.2, -0.15) is 4.98 Å². The maximum Gasteiger partial charge on any atom is 0.226 e. The van der Waals surface area contributed by atoms with Gasteiger partial charge < -0.3 is 19.5 Å². The number of piperidine rings is 1. The summed E-state index contributed by atoms with van der Waals surface area (Å²) in [6, 6.07) is 12.3. The summed E-state index contributed by atoms with van der Waals surface area (Å²) in [5, 5.41) is 9.16. The Balaban J connectivity index is 1.16. The lowest BCUT2D eigenvalue weighted by Crippen LogP contribution is -2.44. The number of aryl methyl sites for hydroxylation is 1. The second-order valence-corrected chi connectivity index (χ2v) is 8.32. The minimum absolute atomic E-state index is 0.0934. The second-order valence-electron chi connectivity index (χ2n) is 7.37. The van der Waals surface area contributed by atoms with Gasteiger partial charge in [-0.15, -0.1) is 11.3 Å². The second kappa shape index (κ2) is 9.75. The van der Waals surface area contributed by atoms with Crippen LogP contribution in [0.25, 0.3) is 10.7 Å². The molecule has 0 radical (unpaired) electrons. The van der Waals surface area contributed by atoms with Crippen molar-refractivity contribution in [1.82, 2.24) is 15.5 Å². The molecule has 1 aromatic carbocycles. The highest BCUT2D eigenvalue weighted by atomic mass is 32.1. The van der Waals surface area contributed by atoms with Crippen LogP contribution in [0.5, 0.6) is 5.75 Å². The van der Waals surface area contributed by atoms with Crippen LogP contribution in [0.15, 0.2) is 46.3 Å². The number of benzene rings is 1. The lowest BCUT2D eigenvalue weighted by molar-refractivity contribution is -0.122. The monoisotopic (exact) mass is 426 g/mol. The molecule has 1 saturated heterocycles. The molecular formula is C22H26N4O3S. The molecule has 0 aliphatic carbocycles. The molecule has 30 heavy (non-hydrogen) atoms. The van der Waals surface area contributed by atoms with Gasteiger partial charge in [-0.05, 0) is 55.0 Å². The molecule has 0 bridgehead atoms. The number of carbonyl (C=O) groups excluding carboxylic acids is 1. The van der Waals surface area contributed by atoms with E-state index in [1.165, 1.54) is 5.69 Å². The van der Waals surface area contributed by atoms with E-state index in [1.54, 1.807) is 18.4 Å². The third kappa shape index (κ3) is 5.18. The average Bonchev–Trinajstić information content (AvgIpc) is 3.46. The Morgan fingerprint density at radius 3 is 2.77 bits per heavy atom. The van der Waals surface area contributed by atoms with Crippen molar-refractivity contribution in [3.63, 3.8) is 0 Å². The third-order valence-electron chi connectivity index (χ3n) is 5.30. The molecule has 1 amide bonds. The van der Waals surface area contributed by atoms with Crippen molar-refractivity contribution in [2.75, 3.05) is 25.1 Å². The smallest absolute Gasteiger partial charge is 0.226 e. The average molecular weight is 427 g/mol. The fourth-order valence-corrected chi connectivity index (χ4v) is 4.29. The van der Waals surface area contributed by atoms with Crippen molar-refractivity contribution in [3.8, 4) is 16.5 Å². The van der Waals surface area contributed by atoms with Crippen molar-refractivity contribution in [2.24, 2.45) is 0 Å². The van der Waals surface area contributed by atoms with Gasteiger partial charge in [-0.25, -0.2) is 0 Å². The number of nitrogens with zero attached hydrogens (tertiary/aromatic N) is 3. The number of carbonyl (C=O) groups is 1. The molecule has 158 valence electrons. The first-order valence-electron chi connectivity index (χ1n) is 10.3.